The highest BCUT2D eigenvalue weighted by molar-refractivity contribution is 5.34. The van der Waals surface area contributed by atoms with Gasteiger partial charge in [-0.25, -0.2) is 14.3 Å². The minimum Gasteiger partial charge on any atom is -0.349 e. The van der Waals surface area contributed by atoms with E-state index in [1.807, 2.05) is 0 Å². The van der Waals surface area contributed by atoms with Crippen LogP contribution in [0.25, 0.3) is 0 Å². The van der Waals surface area contributed by atoms with E-state index < -0.39 is 53.4 Å². The Hall–Kier alpha value is -3.23. The molecule has 1 aliphatic heterocycles. The Morgan fingerprint density at radius 1 is 1.11 bits per heavy atom. The fraction of sp³-hybridized carbons (Fsp3) is 0.391. The summed E-state index contributed by atoms with van der Waals surface area (Å²) in [6.07, 6.45) is -12.5. The number of hydrogen-bond acceptors (Lipinski definition) is 5. The number of rotatable bonds is 6. The molecular weight excluding hydrogens is 513 g/mol. The van der Waals surface area contributed by atoms with Gasteiger partial charge in [-0.1, -0.05) is 12.1 Å². The normalized spacial score (nSPS) is 20.2. The van der Waals surface area contributed by atoms with Crippen LogP contribution in [0.3, 0.4) is 0 Å². The summed E-state index contributed by atoms with van der Waals surface area (Å²) >= 11 is 0. The highest BCUT2D eigenvalue weighted by Gasteiger charge is 2.39. The molecule has 4 rings (SSSR count). The minimum absolute atomic E-state index is 0.0370. The third-order valence-corrected chi connectivity index (χ3v) is 5.82. The van der Waals surface area contributed by atoms with E-state index in [9.17, 15) is 35.5 Å². The van der Waals surface area contributed by atoms with Crippen LogP contribution in [-0.4, -0.2) is 39.5 Å². The van der Waals surface area contributed by atoms with Crippen LogP contribution in [0.15, 0.2) is 47.3 Å². The van der Waals surface area contributed by atoms with Crippen molar-refractivity contribution in [3.8, 4) is 0 Å². The molecule has 0 amide bonds. The molecule has 1 saturated heterocycles. The molecule has 1 fully saturated rings. The molecule has 3 atom stereocenters. The summed E-state index contributed by atoms with van der Waals surface area (Å²) in [5.74, 6) is -0.316. The summed E-state index contributed by atoms with van der Waals surface area (Å²) in [6.45, 7) is 1.73. The quantitative estimate of drug-likeness (QED) is 0.438. The first kappa shape index (κ1) is 26.8. The molecule has 2 aromatic carbocycles. The number of aromatic nitrogens is 3. The molecule has 1 aromatic heterocycles. The number of halogens is 7. The standard InChI is InChI=1S/C23H21F7N4O3/c1-12(14-7-15(22(25,26)27)10-16(8-14)23(28,29)30)37-20-19(13-3-2-4-17(24)9-13)34(5-6-36-20)11-18-31-21(35)33-32-18/h2-4,7-10,12,19-20H,5-6,11H2,1H3,(H2,31,32,33,35)/t12-,19+,20-/m1/s1. The smallest absolute Gasteiger partial charge is 0.349 e. The van der Waals surface area contributed by atoms with E-state index in [0.29, 0.717) is 17.7 Å². The molecule has 0 radical (unpaired) electrons. The third-order valence-electron chi connectivity index (χ3n) is 5.82. The number of ether oxygens (including phenoxy) is 2. The maximum absolute atomic E-state index is 14.1. The Morgan fingerprint density at radius 3 is 2.35 bits per heavy atom. The van der Waals surface area contributed by atoms with Crippen molar-refractivity contribution in [2.45, 2.75) is 44.3 Å². The molecule has 0 spiro atoms. The highest BCUT2D eigenvalue weighted by Crippen LogP contribution is 2.39. The van der Waals surface area contributed by atoms with Crippen molar-refractivity contribution in [2.24, 2.45) is 0 Å². The average Bonchev–Trinajstić information content (AvgIpc) is 3.22. The number of benzene rings is 2. The van der Waals surface area contributed by atoms with Crippen LogP contribution >= 0.6 is 0 Å². The number of hydrogen-bond donors (Lipinski definition) is 2. The van der Waals surface area contributed by atoms with E-state index >= 15 is 0 Å². The van der Waals surface area contributed by atoms with Gasteiger partial charge in [-0.05, 0) is 48.4 Å². The van der Waals surface area contributed by atoms with Gasteiger partial charge in [0, 0.05) is 6.54 Å². The molecule has 3 aromatic rings. The Bertz CT molecular complexity index is 1260. The average molecular weight is 534 g/mol. The Balaban J connectivity index is 1.67. The van der Waals surface area contributed by atoms with Gasteiger partial charge in [-0.3, -0.25) is 9.88 Å². The second-order valence-corrected chi connectivity index (χ2v) is 8.45. The molecular formula is C23H21F7N4O3. The van der Waals surface area contributed by atoms with Gasteiger partial charge in [-0.15, -0.1) is 0 Å². The van der Waals surface area contributed by atoms with Gasteiger partial charge in [0.15, 0.2) is 6.29 Å². The van der Waals surface area contributed by atoms with Crippen molar-refractivity contribution in [1.82, 2.24) is 20.1 Å². The number of alkyl halides is 6. The highest BCUT2D eigenvalue weighted by atomic mass is 19.4. The van der Waals surface area contributed by atoms with Gasteiger partial charge in [0.2, 0.25) is 0 Å². The molecule has 14 heteroatoms. The van der Waals surface area contributed by atoms with Gasteiger partial charge < -0.3 is 9.47 Å². The van der Waals surface area contributed by atoms with Crippen LogP contribution in [0.4, 0.5) is 30.7 Å². The topological polar surface area (TPSA) is 83.2 Å². The number of morpholine rings is 1. The molecule has 1 aliphatic rings. The van der Waals surface area contributed by atoms with Crippen LogP contribution in [0, 0.1) is 5.82 Å². The van der Waals surface area contributed by atoms with Crippen LogP contribution < -0.4 is 5.69 Å². The van der Waals surface area contributed by atoms with Crippen LogP contribution in [-0.2, 0) is 28.4 Å². The SMILES string of the molecule is C[C@@H](O[C@H]1OCCN(Cc2n[nH]c(=O)[nH]2)[C@H]1c1cccc(F)c1)c1cc(C(F)(F)F)cc(C(F)(F)F)c1. The molecule has 0 unspecified atom stereocenters. The molecule has 7 nitrogen and oxygen atoms in total. The first-order chi connectivity index (χ1) is 17.3. The first-order valence-electron chi connectivity index (χ1n) is 11.0. The van der Waals surface area contributed by atoms with Crippen molar-refractivity contribution in [3.63, 3.8) is 0 Å². The molecule has 0 bridgehead atoms. The second-order valence-electron chi connectivity index (χ2n) is 8.45. The van der Waals surface area contributed by atoms with Crippen molar-refractivity contribution in [3.05, 3.63) is 86.8 Å². The fourth-order valence-electron chi connectivity index (χ4n) is 4.10. The van der Waals surface area contributed by atoms with Crippen molar-refractivity contribution < 1.29 is 40.2 Å². The molecule has 0 saturated carbocycles. The number of aromatic amines is 2. The van der Waals surface area contributed by atoms with Crippen molar-refractivity contribution >= 4 is 0 Å². The van der Waals surface area contributed by atoms with E-state index in [-0.39, 0.29) is 37.2 Å². The molecule has 2 heterocycles. The Morgan fingerprint density at radius 2 is 1.78 bits per heavy atom. The molecule has 2 N–H and O–H groups in total. The molecule has 200 valence electrons. The van der Waals surface area contributed by atoms with Gasteiger partial charge in [0.25, 0.3) is 0 Å². The fourth-order valence-corrected chi connectivity index (χ4v) is 4.10. The van der Waals surface area contributed by atoms with E-state index in [0.717, 1.165) is 0 Å². The summed E-state index contributed by atoms with van der Waals surface area (Å²) in [7, 11) is 0. The summed E-state index contributed by atoms with van der Waals surface area (Å²) in [6, 6.07) is 5.83. The van der Waals surface area contributed by atoms with Crippen LogP contribution in [0.2, 0.25) is 0 Å². The van der Waals surface area contributed by atoms with E-state index in [1.165, 1.54) is 25.1 Å². The Labute approximate surface area is 205 Å². The maximum Gasteiger partial charge on any atom is 0.416 e. The lowest BCUT2D eigenvalue weighted by Gasteiger charge is -2.41. The van der Waals surface area contributed by atoms with Crippen LogP contribution in [0.5, 0.6) is 0 Å². The summed E-state index contributed by atoms with van der Waals surface area (Å²) in [5, 5.41) is 6.08. The van der Waals surface area contributed by atoms with Crippen LogP contribution in [0.1, 0.15) is 47.1 Å². The van der Waals surface area contributed by atoms with Gasteiger partial charge in [-0.2, -0.15) is 31.4 Å². The molecule has 0 aliphatic carbocycles. The summed E-state index contributed by atoms with van der Waals surface area (Å²) in [5.41, 5.74) is -3.46. The zero-order valence-electron chi connectivity index (χ0n) is 19.2. The number of nitrogens with one attached hydrogen (secondary N) is 2. The molecule has 37 heavy (non-hydrogen) atoms. The lowest BCUT2D eigenvalue weighted by Crippen LogP contribution is -2.46. The lowest BCUT2D eigenvalue weighted by molar-refractivity contribution is -0.231. The zero-order valence-corrected chi connectivity index (χ0v) is 19.2. The zero-order chi connectivity index (χ0) is 27.0. The predicted molar refractivity (Wildman–Crippen MR) is 114 cm³/mol. The lowest BCUT2D eigenvalue weighted by atomic mass is 10.0. The number of nitrogens with zero attached hydrogens (tertiary/aromatic N) is 2. The maximum atomic E-state index is 14.1. The number of H-pyrrole nitrogens is 2. The largest absolute Gasteiger partial charge is 0.416 e. The van der Waals surface area contributed by atoms with E-state index in [2.05, 4.69) is 15.2 Å². The summed E-state index contributed by atoms with van der Waals surface area (Å²) in [4.78, 5) is 15.7. The van der Waals surface area contributed by atoms with E-state index in [4.69, 9.17) is 9.47 Å². The van der Waals surface area contributed by atoms with Gasteiger partial charge >= 0.3 is 18.0 Å². The summed E-state index contributed by atoms with van der Waals surface area (Å²) < 4.78 is 106. The van der Waals surface area contributed by atoms with Gasteiger partial charge in [0.1, 0.15) is 11.6 Å². The minimum atomic E-state index is -5.02. The Kier molecular flexibility index (Phi) is 7.44. The van der Waals surface area contributed by atoms with Crippen molar-refractivity contribution in [2.75, 3.05) is 13.2 Å². The van der Waals surface area contributed by atoms with E-state index in [1.54, 1.807) is 11.0 Å². The van der Waals surface area contributed by atoms with Crippen molar-refractivity contribution in [1.29, 1.82) is 0 Å². The second kappa shape index (κ2) is 10.3. The predicted octanol–water partition coefficient (Wildman–Crippen LogP) is 4.95. The first-order valence-corrected chi connectivity index (χ1v) is 11.0. The monoisotopic (exact) mass is 534 g/mol. The third kappa shape index (κ3) is 6.37. The van der Waals surface area contributed by atoms with Gasteiger partial charge in [0.05, 0.1) is 36.4 Å².